The Morgan fingerprint density at radius 1 is 1.03 bits per heavy atom. The van der Waals surface area contributed by atoms with Crippen LogP contribution in [0.15, 0.2) is 62.8 Å². The zero-order valence-corrected chi connectivity index (χ0v) is 19.1. The fourth-order valence-electron chi connectivity index (χ4n) is 3.13. The van der Waals surface area contributed by atoms with Gasteiger partial charge >= 0.3 is 6.18 Å². The third-order valence-corrected chi connectivity index (χ3v) is 6.35. The lowest BCUT2D eigenvalue weighted by Gasteiger charge is -2.33. The first kappa shape index (κ1) is 23.4. The van der Waals surface area contributed by atoms with E-state index in [1.807, 2.05) is 0 Å². The molecule has 1 aliphatic heterocycles. The summed E-state index contributed by atoms with van der Waals surface area (Å²) in [6.45, 7) is 3.19. The monoisotopic (exact) mass is 512 g/mol. The van der Waals surface area contributed by atoms with Crippen molar-refractivity contribution < 1.29 is 22.8 Å². The summed E-state index contributed by atoms with van der Waals surface area (Å²) in [4.78, 5) is 27.8. The topological polar surface area (TPSA) is 40.6 Å². The Morgan fingerprint density at radius 2 is 1.71 bits per heavy atom. The number of carbonyl (C=O) groups excluding carboxylic acids is 2. The van der Waals surface area contributed by atoms with Crippen LogP contribution in [0.3, 0.4) is 0 Å². The lowest BCUT2D eigenvalue weighted by atomic mass is 10.1. The average molecular weight is 513 g/mol. The van der Waals surface area contributed by atoms with Crippen LogP contribution in [0.2, 0.25) is 0 Å². The van der Waals surface area contributed by atoms with Crippen LogP contribution in [0.5, 0.6) is 0 Å². The van der Waals surface area contributed by atoms with E-state index in [0.29, 0.717) is 36.6 Å². The third kappa shape index (κ3) is 6.36. The first-order valence-electron chi connectivity index (χ1n) is 9.50. The van der Waals surface area contributed by atoms with Gasteiger partial charge in [0.05, 0.1) is 5.56 Å². The van der Waals surface area contributed by atoms with Crippen LogP contribution in [0.1, 0.15) is 18.1 Å². The number of nitrogens with zero attached hydrogens (tertiary/aromatic N) is 2. The van der Waals surface area contributed by atoms with Crippen molar-refractivity contribution in [2.24, 2.45) is 0 Å². The minimum atomic E-state index is -4.52. The molecule has 2 amide bonds. The van der Waals surface area contributed by atoms with Gasteiger partial charge in [-0.1, -0.05) is 39.8 Å². The smallest absolute Gasteiger partial charge is 0.339 e. The van der Waals surface area contributed by atoms with E-state index in [9.17, 15) is 22.8 Å². The minimum Gasteiger partial charge on any atom is -0.339 e. The molecule has 0 atom stereocenters. The molecule has 1 aliphatic rings. The van der Waals surface area contributed by atoms with E-state index < -0.39 is 11.7 Å². The summed E-state index contributed by atoms with van der Waals surface area (Å²) >= 11 is 4.35. The van der Waals surface area contributed by atoms with Crippen molar-refractivity contribution in [3.8, 4) is 0 Å². The van der Waals surface area contributed by atoms with Gasteiger partial charge in [0.2, 0.25) is 11.8 Å². The van der Waals surface area contributed by atoms with Crippen molar-refractivity contribution in [2.75, 3.05) is 26.2 Å². The highest BCUT2D eigenvalue weighted by Crippen LogP contribution is 2.40. The van der Waals surface area contributed by atoms with E-state index >= 15 is 0 Å². The molecule has 0 N–H and O–H groups in total. The molecule has 0 bridgehead atoms. The summed E-state index contributed by atoms with van der Waals surface area (Å²) in [6, 6.07) is 11.1. The number of carbonyl (C=O) groups is 2. The van der Waals surface area contributed by atoms with Crippen molar-refractivity contribution >= 4 is 45.6 Å². The van der Waals surface area contributed by atoms with E-state index in [-0.39, 0.29) is 16.7 Å². The molecule has 4 nitrogen and oxygen atoms in total. The molecule has 9 heteroatoms. The second-order valence-electron chi connectivity index (χ2n) is 6.98. The molecule has 0 saturated carbocycles. The Kier molecular flexibility index (Phi) is 7.48. The summed E-state index contributed by atoms with van der Waals surface area (Å²) < 4.78 is 41.7. The van der Waals surface area contributed by atoms with Gasteiger partial charge in [-0.05, 0) is 42.0 Å². The number of hydrogen-bond donors (Lipinski definition) is 0. The number of benzene rings is 2. The van der Waals surface area contributed by atoms with Crippen molar-refractivity contribution in [2.45, 2.75) is 22.9 Å². The molecular weight excluding hydrogens is 493 g/mol. The van der Waals surface area contributed by atoms with Crippen LogP contribution in [-0.2, 0) is 15.8 Å². The van der Waals surface area contributed by atoms with Gasteiger partial charge in [0, 0.05) is 53.4 Å². The summed E-state index contributed by atoms with van der Waals surface area (Å²) in [5, 5.41) is 0. The molecule has 1 heterocycles. The van der Waals surface area contributed by atoms with E-state index in [1.165, 1.54) is 25.1 Å². The van der Waals surface area contributed by atoms with Crippen molar-refractivity contribution in [3.05, 3.63) is 64.1 Å². The molecular formula is C22H20BrF3N2O2S. The van der Waals surface area contributed by atoms with E-state index in [1.54, 1.807) is 40.1 Å². The number of halogens is 4. The number of amides is 2. The third-order valence-electron chi connectivity index (χ3n) is 4.79. The Labute approximate surface area is 191 Å². The molecule has 0 unspecified atom stereocenters. The van der Waals surface area contributed by atoms with Gasteiger partial charge in [0.15, 0.2) is 0 Å². The highest BCUT2D eigenvalue weighted by Gasteiger charge is 2.34. The zero-order valence-electron chi connectivity index (χ0n) is 16.7. The van der Waals surface area contributed by atoms with Crippen LogP contribution in [0.4, 0.5) is 13.2 Å². The zero-order chi connectivity index (χ0) is 22.6. The summed E-state index contributed by atoms with van der Waals surface area (Å²) in [5.41, 5.74) is -0.455. The van der Waals surface area contributed by atoms with Gasteiger partial charge < -0.3 is 9.80 Å². The fraction of sp³-hybridized carbons (Fsp3) is 0.273. The van der Waals surface area contributed by atoms with Crippen LogP contribution in [0, 0.1) is 0 Å². The maximum Gasteiger partial charge on any atom is 0.417 e. The lowest BCUT2D eigenvalue weighted by molar-refractivity contribution is -0.139. The Morgan fingerprint density at radius 3 is 2.32 bits per heavy atom. The second-order valence-corrected chi connectivity index (χ2v) is 9.01. The van der Waals surface area contributed by atoms with Crippen molar-refractivity contribution in [1.82, 2.24) is 9.80 Å². The molecule has 164 valence electrons. The Balaban J connectivity index is 1.75. The second kappa shape index (κ2) is 9.91. The molecule has 1 saturated heterocycles. The highest BCUT2D eigenvalue weighted by molar-refractivity contribution is 9.10. The van der Waals surface area contributed by atoms with Gasteiger partial charge in [0.1, 0.15) is 0 Å². The first-order valence-corrected chi connectivity index (χ1v) is 11.1. The first-order chi connectivity index (χ1) is 14.6. The molecule has 2 aromatic rings. The summed E-state index contributed by atoms with van der Waals surface area (Å²) in [6.07, 6.45) is -1.85. The summed E-state index contributed by atoms with van der Waals surface area (Å²) in [5.74, 6) is -0.326. The number of piperazine rings is 1. The van der Waals surface area contributed by atoms with Gasteiger partial charge in [-0.25, -0.2) is 0 Å². The molecule has 0 spiro atoms. The van der Waals surface area contributed by atoms with E-state index in [0.717, 1.165) is 22.3 Å². The predicted molar refractivity (Wildman–Crippen MR) is 118 cm³/mol. The maximum absolute atomic E-state index is 13.6. The number of hydrogen-bond acceptors (Lipinski definition) is 3. The molecule has 31 heavy (non-hydrogen) atoms. The number of rotatable bonds is 4. The van der Waals surface area contributed by atoms with Crippen molar-refractivity contribution in [1.29, 1.82) is 0 Å². The fourth-order valence-corrected chi connectivity index (χ4v) is 4.69. The summed E-state index contributed by atoms with van der Waals surface area (Å²) in [7, 11) is 0. The highest BCUT2D eigenvalue weighted by atomic mass is 79.9. The molecule has 3 rings (SSSR count). The maximum atomic E-state index is 13.6. The molecule has 0 radical (unpaired) electrons. The van der Waals surface area contributed by atoms with Gasteiger partial charge in [-0.15, -0.1) is 0 Å². The normalized spacial score (nSPS) is 14.9. The van der Waals surface area contributed by atoms with Gasteiger partial charge in [-0.2, -0.15) is 13.2 Å². The molecule has 0 aliphatic carbocycles. The Hall–Kier alpha value is -2.26. The number of alkyl halides is 3. The van der Waals surface area contributed by atoms with E-state index in [4.69, 9.17) is 0 Å². The lowest BCUT2D eigenvalue weighted by Crippen LogP contribution is -2.49. The predicted octanol–water partition coefficient (Wildman–Crippen LogP) is 5.32. The van der Waals surface area contributed by atoms with E-state index in [2.05, 4.69) is 15.9 Å². The molecule has 1 fully saturated rings. The largest absolute Gasteiger partial charge is 0.417 e. The van der Waals surface area contributed by atoms with Gasteiger partial charge in [0.25, 0.3) is 0 Å². The minimum absolute atomic E-state index is 0.0388. The van der Waals surface area contributed by atoms with Crippen molar-refractivity contribution in [3.63, 3.8) is 0 Å². The Bertz CT molecular complexity index is 1000. The molecule has 2 aromatic carbocycles. The average Bonchev–Trinajstić information content (AvgIpc) is 2.72. The molecule has 0 aromatic heterocycles. The standard InChI is InChI=1S/C22H20BrF3N2O2S/c1-15(29)27-9-11-28(12-10-27)21(30)8-6-16-5-7-20(19(13-16)22(24,25)26)31-18-4-2-3-17(23)14-18/h2-8,13-14H,9-12H2,1H3/b8-6+. The van der Waals surface area contributed by atoms with Crippen LogP contribution in [-0.4, -0.2) is 47.8 Å². The van der Waals surface area contributed by atoms with Crippen LogP contribution >= 0.6 is 27.7 Å². The van der Waals surface area contributed by atoms with Gasteiger partial charge in [-0.3, -0.25) is 9.59 Å². The van der Waals surface area contributed by atoms with Crippen LogP contribution < -0.4 is 0 Å². The van der Waals surface area contributed by atoms with Crippen LogP contribution in [0.25, 0.3) is 6.08 Å². The quantitative estimate of drug-likeness (QED) is 0.520. The SMILES string of the molecule is CC(=O)N1CCN(C(=O)/C=C/c2ccc(Sc3cccc(Br)c3)c(C(F)(F)F)c2)CC1.